The average Bonchev–Trinajstić information content (AvgIpc) is 2.91. The van der Waals surface area contributed by atoms with Gasteiger partial charge < -0.3 is 10.2 Å². The molecule has 0 aliphatic carbocycles. The van der Waals surface area contributed by atoms with Crippen LogP contribution in [-0.2, 0) is 32.6 Å². The Balaban J connectivity index is 2.10. The second-order valence-corrected chi connectivity index (χ2v) is 13.4. The molecular formula is C30H34Cl3N3O4S. The van der Waals surface area contributed by atoms with E-state index in [9.17, 15) is 18.0 Å². The van der Waals surface area contributed by atoms with Crippen LogP contribution in [0.3, 0.4) is 0 Å². The zero-order valence-electron chi connectivity index (χ0n) is 23.4. The van der Waals surface area contributed by atoms with Gasteiger partial charge >= 0.3 is 0 Å². The fraction of sp³-hybridized carbons (Fsp3) is 0.333. The molecule has 11 heteroatoms. The molecule has 3 aromatic carbocycles. The van der Waals surface area contributed by atoms with E-state index < -0.39 is 28.5 Å². The molecule has 0 aliphatic heterocycles. The fourth-order valence-electron chi connectivity index (χ4n) is 4.25. The standard InChI is InChI=1S/C30H34Cl3N3O4S/c1-20(2)17-34-30(38)28(14-22-11-6-5-7-12-22)35(18-23-13-9-8-10-21(23)3)29(37)19-36(41(4,39)40)27-16-25(32)24(31)15-26(27)33/h5-13,15-16,20,28H,14,17-19H2,1-4H3,(H,34,38)/t28-/m1/s1. The highest BCUT2D eigenvalue weighted by atomic mass is 35.5. The van der Waals surface area contributed by atoms with Gasteiger partial charge in [-0.15, -0.1) is 0 Å². The molecule has 2 amide bonds. The van der Waals surface area contributed by atoms with Crippen molar-refractivity contribution >= 4 is 62.3 Å². The highest BCUT2D eigenvalue weighted by molar-refractivity contribution is 7.92. The third-order valence-corrected chi connectivity index (χ3v) is 8.65. The number of amides is 2. The van der Waals surface area contributed by atoms with E-state index in [1.165, 1.54) is 17.0 Å². The van der Waals surface area contributed by atoms with Crippen LogP contribution in [0.5, 0.6) is 0 Å². The van der Waals surface area contributed by atoms with E-state index in [1.54, 1.807) is 0 Å². The number of carbonyl (C=O) groups excluding carboxylic acids is 2. The van der Waals surface area contributed by atoms with Gasteiger partial charge in [-0.2, -0.15) is 0 Å². The summed E-state index contributed by atoms with van der Waals surface area (Å²) < 4.78 is 26.8. The number of hydrogen-bond acceptors (Lipinski definition) is 4. The first kappa shape index (κ1) is 32.7. The molecule has 0 aromatic heterocycles. The van der Waals surface area contributed by atoms with Gasteiger partial charge in [0.25, 0.3) is 0 Å². The Hall–Kier alpha value is -2.78. The minimum absolute atomic E-state index is 0.0108. The van der Waals surface area contributed by atoms with E-state index >= 15 is 0 Å². The lowest BCUT2D eigenvalue weighted by Gasteiger charge is -2.34. The molecule has 0 radical (unpaired) electrons. The predicted molar refractivity (Wildman–Crippen MR) is 167 cm³/mol. The zero-order valence-corrected chi connectivity index (χ0v) is 26.5. The molecule has 41 heavy (non-hydrogen) atoms. The van der Waals surface area contributed by atoms with Gasteiger partial charge in [0.05, 0.1) is 27.0 Å². The Morgan fingerprint density at radius 1 is 0.902 bits per heavy atom. The van der Waals surface area contributed by atoms with E-state index in [0.717, 1.165) is 27.3 Å². The zero-order chi connectivity index (χ0) is 30.3. The second kappa shape index (κ2) is 14.4. The van der Waals surface area contributed by atoms with E-state index in [-0.39, 0.29) is 45.5 Å². The van der Waals surface area contributed by atoms with Gasteiger partial charge in [-0.3, -0.25) is 13.9 Å². The van der Waals surface area contributed by atoms with Crippen LogP contribution in [0.2, 0.25) is 15.1 Å². The molecule has 1 atom stereocenters. The van der Waals surface area contributed by atoms with Crippen LogP contribution >= 0.6 is 34.8 Å². The smallest absolute Gasteiger partial charge is 0.244 e. The summed E-state index contributed by atoms with van der Waals surface area (Å²) in [6.45, 7) is 5.78. The van der Waals surface area contributed by atoms with Crippen molar-refractivity contribution in [2.24, 2.45) is 5.92 Å². The minimum Gasteiger partial charge on any atom is -0.354 e. The Morgan fingerprint density at radius 2 is 1.51 bits per heavy atom. The number of aryl methyl sites for hydroxylation is 1. The first-order chi connectivity index (χ1) is 19.3. The monoisotopic (exact) mass is 637 g/mol. The number of carbonyl (C=O) groups is 2. The van der Waals surface area contributed by atoms with Gasteiger partial charge in [0.15, 0.2) is 0 Å². The lowest BCUT2D eigenvalue weighted by atomic mass is 10.0. The van der Waals surface area contributed by atoms with Crippen molar-refractivity contribution in [1.29, 1.82) is 0 Å². The van der Waals surface area contributed by atoms with Crippen molar-refractivity contribution in [3.63, 3.8) is 0 Å². The van der Waals surface area contributed by atoms with Crippen molar-refractivity contribution in [1.82, 2.24) is 10.2 Å². The molecule has 0 bridgehead atoms. The topological polar surface area (TPSA) is 86.8 Å². The van der Waals surface area contributed by atoms with Crippen LogP contribution in [-0.4, -0.2) is 50.5 Å². The normalized spacial score (nSPS) is 12.2. The maximum Gasteiger partial charge on any atom is 0.244 e. The third-order valence-electron chi connectivity index (χ3n) is 6.50. The molecule has 0 saturated heterocycles. The molecule has 0 unspecified atom stereocenters. The molecule has 1 N–H and O–H groups in total. The van der Waals surface area contributed by atoms with Crippen molar-refractivity contribution in [2.45, 2.75) is 39.8 Å². The number of benzene rings is 3. The third kappa shape index (κ3) is 9.10. The Morgan fingerprint density at radius 3 is 2.12 bits per heavy atom. The summed E-state index contributed by atoms with van der Waals surface area (Å²) in [7, 11) is -4.01. The maximum atomic E-state index is 14.2. The highest BCUT2D eigenvalue weighted by Crippen LogP contribution is 2.35. The van der Waals surface area contributed by atoms with Gasteiger partial charge in [-0.25, -0.2) is 8.42 Å². The highest BCUT2D eigenvalue weighted by Gasteiger charge is 2.34. The van der Waals surface area contributed by atoms with E-state index in [4.69, 9.17) is 34.8 Å². The van der Waals surface area contributed by atoms with Crippen LogP contribution in [0.1, 0.15) is 30.5 Å². The molecule has 0 saturated carbocycles. The number of halogens is 3. The molecule has 0 heterocycles. The summed E-state index contributed by atoms with van der Waals surface area (Å²) in [5, 5.41) is 3.20. The second-order valence-electron chi connectivity index (χ2n) is 10.3. The lowest BCUT2D eigenvalue weighted by molar-refractivity contribution is -0.140. The van der Waals surface area contributed by atoms with Gasteiger partial charge in [-0.05, 0) is 41.7 Å². The molecule has 0 fully saturated rings. The molecule has 0 spiro atoms. The van der Waals surface area contributed by atoms with Crippen molar-refractivity contribution < 1.29 is 18.0 Å². The van der Waals surface area contributed by atoms with E-state index in [2.05, 4.69) is 5.32 Å². The van der Waals surface area contributed by atoms with Gasteiger partial charge in [0.2, 0.25) is 21.8 Å². The summed E-state index contributed by atoms with van der Waals surface area (Å²) >= 11 is 18.6. The van der Waals surface area contributed by atoms with Gasteiger partial charge in [0, 0.05) is 19.5 Å². The average molecular weight is 639 g/mol. The summed E-state index contributed by atoms with van der Waals surface area (Å²) in [5.74, 6) is -0.723. The predicted octanol–water partition coefficient (Wildman–Crippen LogP) is 6.13. The summed E-state index contributed by atoms with van der Waals surface area (Å²) in [6, 6.07) is 18.6. The summed E-state index contributed by atoms with van der Waals surface area (Å²) in [4.78, 5) is 29.3. The quantitative estimate of drug-likeness (QED) is 0.242. The van der Waals surface area contributed by atoms with Gasteiger partial charge in [-0.1, -0.05) is 103 Å². The number of rotatable bonds is 12. The van der Waals surface area contributed by atoms with Gasteiger partial charge in [0.1, 0.15) is 12.6 Å². The van der Waals surface area contributed by atoms with Crippen LogP contribution in [0.15, 0.2) is 66.7 Å². The van der Waals surface area contributed by atoms with Crippen molar-refractivity contribution in [3.8, 4) is 0 Å². The molecule has 220 valence electrons. The molecule has 3 aromatic rings. The van der Waals surface area contributed by atoms with Crippen LogP contribution < -0.4 is 9.62 Å². The number of nitrogens with zero attached hydrogens (tertiary/aromatic N) is 2. The maximum absolute atomic E-state index is 14.2. The number of anilines is 1. The molecule has 3 rings (SSSR count). The SMILES string of the molecule is Cc1ccccc1CN(C(=O)CN(c1cc(Cl)c(Cl)cc1Cl)S(C)(=O)=O)[C@H](Cc1ccccc1)C(=O)NCC(C)C. The first-order valence-corrected chi connectivity index (χ1v) is 16.0. The van der Waals surface area contributed by atoms with Crippen molar-refractivity contribution in [2.75, 3.05) is 23.7 Å². The number of hydrogen-bond donors (Lipinski definition) is 1. The van der Waals surface area contributed by atoms with E-state index in [0.29, 0.717) is 6.54 Å². The summed E-state index contributed by atoms with van der Waals surface area (Å²) in [5.41, 5.74) is 2.62. The Labute approximate surface area is 257 Å². The lowest BCUT2D eigenvalue weighted by Crippen LogP contribution is -2.53. The van der Waals surface area contributed by atoms with Crippen LogP contribution in [0.4, 0.5) is 5.69 Å². The first-order valence-electron chi connectivity index (χ1n) is 13.1. The fourth-order valence-corrected chi connectivity index (χ4v) is 5.79. The molecular weight excluding hydrogens is 605 g/mol. The largest absolute Gasteiger partial charge is 0.354 e. The van der Waals surface area contributed by atoms with Crippen LogP contribution in [0, 0.1) is 12.8 Å². The Bertz CT molecular complexity index is 1480. The molecule has 0 aliphatic rings. The molecule has 7 nitrogen and oxygen atoms in total. The van der Waals surface area contributed by atoms with Crippen LogP contribution in [0.25, 0.3) is 0 Å². The van der Waals surface area contributed by atoms with Crippen molar-refractivity contribution in [3.05, 3.63) is 98.5 Å². The number of sulfonamides is 1. The minimum atomic E-state index is -4.01. The van der Waals surface area contributed by atoms with E-state index in [1.807, 2.05) is 75.4 Å². The number of nitrogens with one attached hydrogen (secondary N) is 1. The Kier molecular flexibility index (Phi) is 11.5. The summed E-state index contributed by atoms with van der Waals surface area (Å²) in [6.07, 6.45) is 1.20.